The van der Waals surface area contributed by atoms with Gasteiger partial charge in [-0.1, -0.05) is 30.3 Å². The van der Waals surface area contributed by atoms with Crippen LogP contribution in [0.4, 0.5) is 5.69 Å². The molecule has 0 saturated heterocycles. The van der Waals surface area contributed by atoms with Gasteiger partial charge in [-0.25, -0.2) is 9.78 Å². The average molecular weight is 471 g/mol. The van der Waals surface area contributed by atoms with E-state index in [1.165, 1.54) is 0 Å². The number of benzene rings is 2. The maximum absolute atomic E-state index is 13.2. The Kier molecular flexibility index (Phi) is 5.94. The number of esters is 1. The molecule has 0 saturated carbocycles. The number of pyridine rings is 1. The highest BCUT2D eigenvalue weighted by Gasteiger charge is 2.25. The standard InChI is InChI=1S/C27H26N4O4/c1-17-25-21(15-22(18-8-5-4-6-9-18)28-26(25)30(2)29-17)27(33)35-16-24(32)31-13-7-10-19-14-20(34-3)11-12-23(19)31/h4-6,8-9,11-12,14-15H,7,10,13,16H2,1-3H3. The zero-order valence-electron chi connectivity index (χ0n) is 19.9. The van der Waals surface area contributed by atoms with E-state index in [-0.39, 0.29) is 12.5 Å². The Balaban J connectivity index is 1.41. The number of nitrogens with zero attached hydrogens (tertiary/aromatic N) is 4. The number of anilines is 1. The summed E-state index contributed by atoms with van der Waals surface area (Å²) in [5.74, 6) is -0.0841. The number of aromatic nitrogens is 3. The highest BCUT2D eigenvalue weighted by molar-refractivity contribution is 6.06. The van der Waals surface area contributed by atoms with E-state index in [0.29, 0.717) is 34.5 Å². The van der Waals surface area contributed by atoms with Crippen LogP contribution in [0.2, 0.25) is 0 Å². The lowest BCUT2D eigenvalue weighted by atomic mass is 10.0. The quantitative estimate of drug-likeness (QED) is 0.409. The fourth-order valence-corrected chi connectivity index (χ4v) is 4.61. The molecule has 3 heterocycles. The third-order valence-corrected chi connectivity index (χ3v) is 6.29. The van der Waals surface area contributed by atoms with E-state index in [2.05, 4.69) is 5.10 Å². The van der Waals surface area contributed by atoms with E-state index in [1.54, 1.807) is 29.8 Å². The van der Waals surface area contributed by atoms with Crippen molar-refractivity contribution < 1.29 is 19.1 Å². The largest absolute Gasteiger partial charge is 0.497 e. The van der Waals surface area contributed by atoms with Crippen molar-refractivity contribution >= 4 is 28.6 Å². The predicted octanol–water partition coefficient (Wildman–Crippen LogP) is 4.09. The Bertz CT molecular complexity index is 1430. The fourth-order valence-electron chi connectivity index (χ4n) is 4.61. The first-order valence-electron chi connectivity index (χ1n) is 11.5. The molecule has 0 spiro atoms. The molecule has 0 radical (unpaired) electrons. The fraction of sp³-hybridized carbons (Fsp3) is 0.259. The Hall–Kier alpha value is -4.20. The van der Waals surface area contributed by atoms with Gasteiger partial charge < -0.3 is 14.4 Å². The summed E-state index contributed by atoms with van der Waals surface area (Å²) in [7, 11) is 3.41. The Morgan fingerprint density at radius 3 is 2.66 bits per heavy atom. The molecule has 4 aromatic rings. The summed E-state index contributed by atoms with van der Waals surface area (Å²) in [5.41, 5.74) is 4.99. The monoisotopic (exact) mass is 470 g/mol. The summed E-state index contributed by atoms with van der Waals surface area (Å²) in [6.07, 6.45) is 1.70. The van der Waals surface area contributed by atoms with Crippen molar-refractivity contribution in [2.75, 3.05) is 25.2 Å². The lowest BCUT2D eigenvalue weighted by Crippen LogP contribution is -2.38. The maximum atomic E-state index is 13.2. The molecule has 0 fully saturated rings. The first kappa shape index (κ1) is 22.6. The summed E-state index contributed by atoms with van der Waals surface area (Å²) in [6.45, 7) is 2.05. The van der Waals surface area contributed by atoms with Gasteiger partial charge in [-0.15, -0.1) is 0 Å². The molecular weight excluding hydrogens is 444 g/mol. The van der Waals surface area contributed by atoms with Crippen molar-refractivity contribution in [3.8, 4) is 17.0 Å². The van der Waals surface area contributed by atoms with Crippen molar-refractivity contribution in [3.63, 3.8) is 0 Å². The van der Waals surface area contributed by atoms with Gasteiger partial charge in [0.1, 0.15) is 5.75 Å². The van der Waals surface area contributed by atoms with E-state index in [9.17, 15) is 9.59 Å². The minimum atomic E-state index is -0.578. The molecule has 0 N–H and O–H groups in total. The van der Waals surface area contributed by atoms with Crippen LogP contribution in [-0.2, 0) is 23.0 Å². The number of hydrogen-bond acceptors (Lipinski definition) is 6. The van der Waals surface area contributed by atoms with Gasteiger partial charge in [0.2, 0.25) is 0 Å². The first-order valence-corrected chi connectivity index (χ1v) is 11.5. The summed E-state index contributed by atoms with van der Waals surface area (Å²) < 4.78 is 12.5. The van der Waals surface area contributed by atoms with Gasteiger partial charge in [0.05, 0.1) is 29.4 Å². The smallest absolute Gasteiger partial charge is 0.339 e. The molecule has 1 aliphatic rings. The van der Waals surface area contributed by atoms with Crippen molar-refractivity contribution in [1.29, 1.82) is 0 Å². The van der Waals surface area contributed by atoms with Crippen LogP contribution < -0.4 is 9.64 Å². The van der Waals surface area contributed by atoms with Crippen LogP contribution in [0.1, 0.15) is 28.0 Å². The second-order valence-corrected chi connectivity index (χ2v) is 8.55. The molecule has 2 aromatic heterocycles. The van der Waals surface area contributed by atoms with Crippen LogP contribution in [-0.4, -0.2) is 46.9 Å². The van der Waals surface area contributed by atoms with Crippen LogP contribution in [0.15, 0.2) is 54.6 Å². The molecule has 5 rings (SSSR count). The number of methoxy groups -OCH3 is 1. The SMILES string of the molecule is COc1ccc2c(c1)CCCN2C(=O)COC(=O)c1cc(-c2ccccc2)nc2c1c(C)nn2C. The summed E-state index contributed by atoms with van der Waals surface area (Å²) in [4.78, 5) is 32.7. The average Bonchev–Trinajstić information content (AvgIpc) is 3.19. The minimum absolute atomic E-state index is 0.263. The molecule has 2 aromatic carbocycles. The Labute approximate surface area is 203 Å². The van der Waals surface area contributed by atoms with Crippen molar-refractivity contribution in [2.45, 2.75) is 19.8 Å². The second kappa shape index (κ2) is 9.21. The number of rotatable bonds is 5. The summed E-state index contributed by atoms with van der Waals surface area (Å²) in [6, 6.07) is 17.0. The van der Waals surface area contributed by atoms with E-state index in [0.717, 1.165) is 35.4 Å². The Morgan fingerprint density at radius 1 is 1.09 bits per heavy atom. The van der Waals surface area contributed by atoms with Crippen LogP contribution >= 0.6 is 0 Å². The lowest BCUT2D eigenvalue weighted by molar-refractivity contribution is -0.121. The number of fused-ring (bicyclic) bond motifs is 2. The first-order chi connectivity index (χ1) is 17.0. The van der Waals surface area contributed by atoms with Gasteiger partial charge >= 0.3 is 5.97 Å². The molecule has 8 heteroatoms. The highest BCUT2D eigenvalue weighted by Crippen LogP contribution is 2.31. The van der Waals surface area contributed by atoms with E-state index < -0.39 is 5.97 Å². The van der Waals surface area contributed by atoms with Gasteiger partial charge in [-0.3, -0.25) is 9.48 Å². The lowest BCUT2D eigenvalue weighted by Gasteiger charge is -2.29. The van der Waals surface area contributed by atoms with Gasteiger partial charge in [-0.2, -0.15) is 5.10 Å². The van der Waals surface area contributed by atoms with Gasteiger partial charge in [0, 0.05) is 24.8 Å². The number of hydrogen-bond donors (Lipinski definition) is 0. The Morgan fingerprint density at radius 2 is 1.89 bits per heavy atom. The van der Waals surface area contributed by atoms with Crippen molar-refractivity contribution in [1.82, 2.24) is 14.8 Å². The van der Waals surface area contributed by atoms with Crippen LogP contribution in [0, 0.1) is 6.92 Å². The van der Waals surface area contributed by atoms with Crippen molar-refractivity contribution in [2.24, 2.45) is 7.05 Å². The highest BCUT2D eigenvalue weighted by atomic mass is 16.5. The normalized spacial score (nSPS) is 12.9. The zero-order chi connectivity index (χ0) is 24.5. The third kappa shape index (κ3) is 4.23. The third-order valence-electron chi connectivity index (χ3n) is 6.29. The van der Waals surface area contributed by atoms with Crippen molar-refractivity contribution in [3.05, 3.63) is 71.4 Å². The molecule has 0 unspecified atom stereocenters. The number of carbonyl (C=O) groups excluding carboxylic acids is 2. The summed E-state index contributed by atoms with van der Waals surface area (Å²) in [5, 5.41) is 5.06. The topological polar surface area (TPSA) is 86.5 Å². The van der Waals surface area contributed by atoms with Gasteiger partial charge in [-0.05, 0) is 49.6 Å². The van der Waals surface area contributed by atoms with Crippen LogP contribution in [0.5, 0.6) is 5.75 Å². The molecule has 1 amide bonds. The number of aryl methyl sites for hydroxylation is 3. The zero-order valence-corrected chi connectivity index (χ0v) is 19.9. The van der Waals surface area contributed by atoms with Gasteiger partial charge in [0.15, 0.2) is 12.3 Å². The van der Waals surface area contributed by atoms with E-state index in [4.69, 9.17) is 14.5 Å². The molecule has 0 aliphatic carbocycles. The predicted molar refractivity (Wildman–Crippen MR) is 133 cm³/mol. The summed E-state index contributed by atoms with van der Waals surface area (Å²) >= 11 is 0. The molecule has 0 atom stereocenters. The van der Waals surface area contributed by atoms with E-state index >= 15 is 0 Å². The molecule has 178 valence electrons. The molecular formula is C27H26N4O4. The molecule has 1 aliphatic heterocycles. The van der Waals surface area contributed by atoms with Gasteiger partial charge in [0.25, 0.3) is 5.91 Å². The molecule has 35 heavy (non-hydrogen) atoms. The molecule has 8 nitrogen and oxygen atoms in total. The number of ether oxygens (including phenoxy) is 2. The van der Waals surface area contributed by atoms with E-state index in [1.807, 2.05) is 55.5 Å². The minimum Gasteiger partial charge on any atom is -0.497 e. The molecule has 0 bridgehead atoms. The van der Waals surface area contributed by atoms with Crippen LogP contribution in [0.25, 0.3) is 22.3 Å². The number of amides is 1. The maximum Gasteiger partial charge on any atom is 0.339 e. The number of carbonyl (C=O) groups is 2. The second-order valence-electron chi connectivity index (χ2n) is 8.55. The van der Waals surface area contributed by atoms with Crippen LogP contribution in [0.3, 0.4) is 0 Å².